The SMILES string of the molecule is CC(c1cccc(C(F)(F)F)c1)c1ccc2cc3c(cc2c1)=C(O)C(=O)CC=3. The molecule has 5 heteroatoms. The highest BCUT2D eigenvalue weighted by atomic mass is 19.4. The minimum Gasteiger partial charge on any atom is -0.504 e. The molecule has 0 aromatic heterocycles. The van der Waals surface area contributed by atoms with Crippen LogP contribution in [0.25, 0.3) is 22.6 Å². The van der Waals surface area contributed by atoms with Crippen LogP contribution in [0.4, 0.5) is 13.2 Å². The Kier molecular flexibility index (Phi) is 4.26. The first-order valence-corrected chi connectivity index (χ1v) is 8.91. The summed E-state index contributed by atoms with van der Waals surface area (Å²) in [5.74, 6) is -0.801. The first kappa shape index (κ1) is 18.3. The van der Waals surface area contributed by atoms with Crippen LogP contribution in [0.1, 0.15) is 36.0 Å². The van der Waals surface area contributed by atoms with Crippen molar-refractivity contribution < 1.29 is 23.1 Å². The second kappa shape index (κ2) is 6.51. The van der Waals surface area contributed by atoms with Crippen LogP contribution in [-0.2, 0) is 11.0 Å². The highest BCUT2D eigenvalue weighted by Gasteiger charge is 2.30. The Balaban J connectivity index is 1.81. The van der Waals surface area contributed by atoms with Crippen molar-refractivity contribution in [1.82, 2.24) is 0 Å². The van der Waals surface area contributed by atoms with Crippen LogP contribution in [0, 0.1) is 0 Å². The lowest BCUT2D eigenvalue weighted by molar-refractivity contribution is -0.137. The number of ketones is 1. The van der Waals surface area contributed by atoms with Gasteiger partial charge in [-0.2, -0.15) is 13.2 Å². The topological polar surface area (TPSA) is 37.3 Å². The second-order valence-corrected chi connectivity index (χ2v) is 7.07. The quantitative estimate of drug-likeness (QED) is 0.712. The van der Waals surface area contributed by atoms with Crippen LogP contribution in [0.3, 0.4) is 0 Å². The van der Waals surface area contributed by atoms with Gasteiger partial charge in [-0.15, -0.1) is 0 Å². The molecule has 142 valence electrons. The summed E-state index contributed by atoms with van der Waals surface area (Å²) in [5.41, 5.74) is 0.766. The van der Waals surface area contributed by atoms with Crippen molar-refractivity contribution in [3.05, 3.63) is 81.7 Å². The molecule has 3 aromatic carbocycles. The maximum Gasteiger partial charge on any atom is 0.416 e. The zero-order chi connectivity index (χ0) is 20.1. The van der Waals surface area contributed by atoms with E-state index < -0.39 is 11.7 Å². The lowest BCUT2D eigenvalue weighted by Gasteiger charge is -2.16. The fraction of sp³-hybridized carbons (Fsp3) is 0.174. The van der Waals surface area contributed by atoms with Gasteiger partial charge in [-0.25, -0.2) is 0 Å². The number of rotatable bonds is 2. The Bertz CT molecular complexity index is 1220. The summed E-state index contributed by atoms with van der Waals surface area (Å²) in [4.78, 5) is 11.8. The Morgan fingerprint density at radius 1 is 0.964 bits per heavy atom. The van der Waals surface area contributed by atoms with Crippen molar-refractivity contribution in [2.24, 2.45) is 0 Å². The van der Waals surface area contributed by atoms with Crippen LogP contribution in [0.2, 0.25) is 0 Å². The largest absolute Gasteiger partial charge is 0.504 e. The average molecular weight is 382 g/mol. The van der Waals surface area contributed by atoms with Gasteiger partial charge in [0, 0.05) is 17.6 Å². The van der Waals surface area contributed by atoms with E-state index >= 15 is 0 Å². The molecule has 0 bridgehead atoms. The van der Waals surface area contributed by atoms with Gasteiger partial charge in [0.1, 0.15) is 0 Å². The van der Waals surface area contributed by atoms with E-state index in [4.69, 9.17) is 0 Å². The molecule has 0 heterocycles. The van der Waals surface area contributed by atoms with Gasteiger partial charge in [-0.05, 0) is 45.3 Å². The molecular weight excluding hydrogens is 365 g/mol. The van der Waals surface area contributed by atoms with Gasteiger partial charge in [-0.3, -0.25) is 4.79 Å². The van der Waals surface area contributed by atoms with E-state index in [0.29, 0.717) is 10.8 Å². The number of alkyl halides is 3. The molecule has 0 aliphatic heterocycles. The molecule has 0 saturated heterocycles. The van der Waals surface area contributed by atoms with Gasteiger partial charge in [0.15, 0.2) is 5.76 Å². The first-order chi connectivity index (χ1) is 13.2. The van der Waals surface area contributed by atoms with Crippen molar-refractivity contribution in [3.8, 4) is 0 Å². The van der Waals surface area contributed by atoms with Gasteiger partial charge in [0.05, 0.1) is 5.56 Å². The smallest absolute Gasteiger partial charge is 0.416 e. The fourth-order valence-electron chi connectivity index (χ4n) is 3.60. The van der Waals surface area contributed by atoms with Gasteiger partial charge in [0.2, 0.25) is 5.78 Å². The van der Waals surface area contributed by atoms with Crippen LogP contribution in [0.5, 0.6) is 0 Å². The van der Waals surface area contributed by atoms with Gasteiger partial charge in [-0.1, -0.05) is 49.4 Å². The summed E-state index contributed by atoms with van der Waals surface area (Å²) in [6.07, 6.45) is -2.42. The van der Waals surface area contributed by atoms with Crippen LogP contribution in [0.15, 0.2) is 54.6 Å². The normalized spacial score (nSPS) is 15.3. The van der Waals surface area contributed by atoms with Crippen molar-refractivity contribution in [3.63, 3.8) is 0 Å². The Hall–Kier alpha value is -3.08. The number of carbonyl (C=O) groups is 1. The molecular formula is C23H17F3O2. The molecule has 1 aliphatic rings. The Morgan fingerprint density at radius 2 is 1.71 bits per heavy atom. The van der Waals surface area contributed by atoms with Gasteiger partial charge >= 0.3 is 6.18 Å². The Labute approximate surface area is 159 Å². The highest BCUT2D eigenvalue weighted by molar-refractivity contribution is 6.14. The number of hydrogen-bond donors (Lipinski definition) is 1. The number of Topliss-reactive ketones (excluding diaryl/α,β-unsaturated/α-hetero) is 1. The second-order valence-electron chi connectivity index (χ2n) is 7.07. The average Bonchev–Trinajstić information content (AvgIpc) is 2.68. The molecule has 4 rings (SSSR count). The lowest BCUT2D eigenvalue weighted by Crippen LogP contribution is -2.32. The number of halogens is 3. The van der Waals surface area contributed by atoms with Crippen molar-refractivity contribution >= 4 is 28.4 Å². The summed E-state index contributed by atoms with van der Waals surface area (Å²) in [6, 6.07) is 14.7. The summed E-state index contributed by atoms with van der Waals surface area (Å²) >= 11 is 0. The molecule has 0 spiro atoms. The molecule has 28 heavy (non-hydrogen) atoms. The van der Waals surface area contributed by atoms with E-state index in [2.05, 4.69) is 0 Å². The third-order valence-corrected chi connectivity index (χ3v) is 5.27. The van der Waals surface area contributed by atoms with E-state index in [1.165, 1.54) is 12.1 Å². The van der Waals surface area contributed by atoms with Crippen molar-refractivity contribution in [2.75, 3.05) is 0 Å². The zero-order valence-electron chi connectivity index (χ0n) is 15.0. The summed E-state index contributed by atoms with van der Waals surface area (Å²) in [7, 11) is 0. The van der Waals surface area contributed by atoms with E-state index in [0.717, 1.165) is 27.6 Å². The highest BCUT2D eigenvalue weighted by Crippen LogP contribution is 2.33. The standard InChI is InChI=1S/C23H17F3O2/c1-13(14-3-2-4-19(11-14)23(24,25)26)15-5-6-16-10-17-7-8-21(27)22(28)20(17)12-18(16)9-15/h2-7,9-13,28H,8H2,1H3. The first-order valence-electron chi connectivity index (χ1n) is 8.91. The van der Waals surface area contributed by atoms with Crippen LogP contribution in [-0.4, -0.2) is 10.9 Å². The molecule has 1 aliphatic carbocycles. The third-order valence-electron chi connectivity index (χ3n) is 5.27. The number of aliphatic hydroxyl groups excluding tert-OH is 1. The molecule has 1 N–H and O–H groups in total. The molecule has 2 nitrogen and oxygen atoms in total. The number of benzene rings is 3. The third kappa shape index (κ3) is 3.17. The van der Waals surface area contributed by atoms with E-state index in [1.807, 2.05) is 31.2 Å². The fourth-order valence-corrected chi connectivity index (χ4v) is 3.60. The lowest BCUT2D eigenvalue weighted by atomic mass is 9.90. The molecule has 0 radical (unpaired) electrons. The van der Waals surface area contributed by atoms with E-state index in [1.54, 1.807) is 18.2 Å². The molecule has 3 aromatic rings. The van der Waals surface area contributed by atoms with Gasteiger partial charge < -0.3 is 5.11 Å². The van der Waals surface area contributed by atoms with E-state index in [9.17, 15) is 23.1 Å². The number of hydrogen-bond acceptors (Lipinski definition) is 2. The zero-order valence-corrected chi connectivity index (χ0v) is 15.0. The minimum atomic E-state index is -4.38. The van der Waals surface area contributed by atoms with Crippen LogP contribution >= 0.6 is 0 Å². The predicted molar refractivity (Wildman–Crippen MR) is 102 cm³/mol. The molecule has 0 amide bonds. The maximum atomic E-state index is 13.0. The molecule has 0 saturated carbocycles. The maximum absolute atomic E-state index is 13.0. The summed E-state index contributed by atoms with van der Waals surface area (Å²) < 4.78 is 39.0. The number of carbonyl (C=O) groups excluding carboxylic acids is 1. The monoisotopic (exact) mass is 382 g/mol. The molecule has 0 fully saturated rings. The number of fused-ring (bicyclic) bond motifs is 2. The summed E-state index contributed by atoms with van der Waals surface area (Å²) in [5, 5.41) is 13.2. The summed E-state index contributed by atoms with van der Waals surface area (Å²) in [6.45, 7) is 1.86. The van der Waals surface area contributed by atoms with Crippen molar-refractivity contribution in [1.29, 1.82) is 0 Å². The number of aliphatic hydroxyl groups is 1. The van der Waals surface area contributed by atoms with Crippen LogP contribution < -0.4 is 10.4 Å². The van der Waals surface area contributed by atoms with E-state index in [-0.39, 0.29) is 23.9 Å². The minimum absolute atomic E-state index is 0.176. The molecule has 1 atom stereocenters. The predicted octanol–water partition coefficient (Wildman–Crippen LogP) is 4.43. The Morgan fingerprint density at radius 3 is 2.46 bits per heavy atom. The van der Waals surface area contributed by atoms with Gasteiger partial charge in [0.25, 0.3) is 0 Å². The molecule has 1 unspecified atom stereocenters. The van der Waals surface area contributed by atoms with Crippen molar-refractivity contribution in [2.45, 2.75) is 25.4 Å².